The lowest BCUT2D eigenvalue weighted by Crippen LogP contribution is -2.47. The number of rotatable bonds is 3. The smallest absolute Gasteiger partial charge is 0.304 e. The minimum absolute atomic E-state index is 0.0347. The first kappa shape index (κ1) is 13.3. The van der Waals surface area contributed by atoms with Crippen molar-refractivity contribution in [1.29, 1.82) is 0 Å². The van der Waals surface area contributed by atoms with Gasteiger partial charge in [0.15, 0.2) is 0 Å². The molecule has 1 aromatic rings. The Bertz CT molecular complexity index is 457. The molecule has 0 bridgehead atoms. The maximum atomic E-state index is 11.1. The Balaban J connectivity index is 1.54. The van der Waals surface area contributed by atoms with Gasteiger partial charge in [0.1, 0.15) is 0 Å². The van der Waals surface area contributed by atoms with Gasteiger partial charge >= 0.3 is 4.87 Å². The first-order chi connectivity index (χ1) is 9.26. The second-order valence-electron chi connectivity index (χ2n) is 5.84. The Labute approximate surface area is 117 Å². The van der Waals surface area contributed by atoms with Crippen LogP contribution >= 0.6 is 11.3 Å². The summed E-state index contributed by atoms with van der Waals surface area (Å²) >= 11 is 1.24. The first-order valence-electron chi connectivity index (χ1n) is 7.30. The van der Waals surface area contributed by atoms with E-state index in [0.29, 0.717) is 6.04 Å². The fraction of sp³-hybridized carbons (Fsp3) is 0.786. The molecule has 1 aliphatic carbocycles. The molecule has 1 aromatic heterocycles. The van der Waals surface area contributed by atoms with E-state index in [1.165, 1.54) is 43.4 Å². The van der Waals surface area contributed by atoms with E-state index in [1.807, 2.05) is 5.38 Å². The molecule has 2 aliphatic rings. The van der Waals surface area contributed by atoms with E-state index < -0.39 is 0 Å². The number of H-pyrrole nitrogens is 1. The summed E-state index contributed by atoms with van der Waals surface area (Å²) in [6.45, 7) is 1.64. The summed E-state index contributed by atoms with van der Waals surface area (Å²) in [5, 5.41) is 5.49. The normalized spacial score (nSPS) is 26.6. The Kier molecular flexibility index (Phi) is 4.05. The summed E-state index contributed by atoms with van der Waals surface area (Å²) < 4.78 is 6.10. The lowest BCUT2D eigenvalue weighted by atomic mass is 9.78. The third kappa shape index (κ3) is 3.27. The Hall–Kier alpha value is -0.650. The van der Waals surface area contributed by atoms with Gasteiger partial charge in [0, 0.05) is 30.3 Å². The fourth-order valence-electron chi connectivity index (χ4n) is 3.40. The van der Waals surface area contributed by atoms with Crippen molar-refractivity contribution in [2.75, 3.05) is 6.61 Å². The van der Waals surface area contributed by atoms with Gasteiger partial charge in [0.05, 0.1) is 5.60 Å². The number of hydrogen-bond donors (Lipinski definition) is 2. The first-order valence-corrected chi connectivity index (χ1v) is 8.18. The van der Waals surface area contributed by atoms with E-state index >= 15 is 0 Å². The van der Waals surface area contributed by atoms with Crippen LogP contribution in [0, 0.1) is 0 Å². The topological polar surface area (TPSA) is 54.1 Å². The van der Waals surface area contributed by atoms with Crippen molar-refractivity contribution in [1.82, 2.24) is 10.3 Å². The summed E-state index contributed by atoms with van der Waals surface area (Å²) in [4.78, 5) is 14.0. The largest absolute Gasteiger partial charge is 0.375 e. The van der Waals surface area contributed by atoms with E-state index in [0.717, 1.165) is 31.7 Å². The highest BCUT2D eigenvalue weighted by atomic mass is 32.1. The van der Waals surface area contributed by atoms with Gasteiger partial charge in [-0.1, -0.05) is 30.6 Å². The molecule has 106 valence electrons. The van der Waals surface area contributed by atoms with Gasteiger partial charge in [0.2, 0.25) is 0 Å². The monoisotopic (exact) mass is 282 g/mol. The zero-order valence-electron chi connectivity index (χ0n) is 11.2. The van der Waals surface area contributed by atoms with Gasteiger partial charge in [-0.2, -0.15) is 0 Å². The lowest BCUT2D eigenvalue weighted by molar-refractivity contribution is -0.109. The summed E-state index contributed by atoms with van der Waals surface area (Å²) in [5.74, 6) is 0. The highest BCUT2D eigenvalue weighted by molar-refractivity contribution is 7.07. The SMILES string of the molecule is O=c1[nH]c(CNC2CCOC3(CCCCC3)C2)cs1. The molecule has 4 nitrogen and oxygen atoms in total. The van der Waals surface area contributed by atoms with Crippen molar-refractivity contribution in [3.8, 4) is 0 Å². The number of nitrogens with one attached hydrogen (secondary N) is 2. The predicted octanol–water partition coefficient (Wildman–Crippen LogP) is 2.41. The van der Waals surface area contributed by atoms with Crippen LogP contribution in [0.3, 0.4) is 0 Å². The predicted molar refractivity (Wildman–Crippen MR) is 76.6 cm³/mol. The number of aromatic nitrogens is 1. The molecule has 1 atom stereocenters. The van der Waals surface area contributed by atoms with Crippen molar-refractivity contribution in [2.24, 2.45) is 0 Å². The third-order valence-corrected chi connectivity index (χ3v) is 5.13. The van der Waals surface area contributed by atoms with Crippen LogP contribution in [0.25, 0.3) is 0 Å². The molecule has 1 spiro atoms. The Morgan fingerprint density at radius 1 is 1.42 bits per heavy atom. The minimum atomic E-state index is 0.0347. The van der Waals surface area contributed by atoms with Gasteiger partial charge in [-0.3, -0.25) is 4.79 Å². The number of ether oxygens (including phenoxy) is 1. The van der Waals surface area contributed by atoms with Crippen LogP contribution < -0.4 is 10.2 Å². The van der Waals surface area contributed by atoms with Crippen LogP contribution in [0.15, 0.2) is 10.2 Å². The third-order valence-electron chi connectivity index (χ3n) is 4.41. The average Bonchev–Trinajstić information content (AvgIpc) is 2.83. The van der Waals surface area contributed by atoms with Crippen LogP contribution in [0.1, 0.15) is 50.6 Å². The summed E-state index contributed by atoms with van der Waals surface area (Å²) in [5.41, 5.74) is 1.15. The standard InChI is InChI=1S/C14H22N2O2S/c17-13-16-12(10-19-13)9-15-11-4-7-18-14(8-11)5-2-1-3-6-14/h10-11,15H,1-9H2,(H,16,17). The molecule has 2 heterocycles. The van der Waals surface area contributed by atoms with E-state index in [4.69, 9.17) is 4.74 Å². The maximum absolute atomic E-state index is 11.1. The van der Waals surface area contributed by atoms with Crippen LogP contribution in [0.2, 0.25) is 0 Å². The molecule has 1 unspecified atom stereocenters. The van der Waals surface area contributed by atoms with Gasteiger partial charge < -0.3 is 15.0 Å². The quantitative estimate of drug-likeness (QED) is 0.895. The van der Waals surface area contributed by atoms with Crippen molar-refractivity contribution in [3.63, 3.8) is 0 Å². The van der Waals surface area contributed by atoms with Crippen molar-refractivity contribution < 1.29 is 4.74 Å². The van der Waals surface area contributed by atoms with Crippen molar-refractivity contribution in [3.05, 3.63) is 20.7 Å². The van der Waals surface area contributed by atoms with Crippen LogP contribution in [-0.4, -0.2) is 23.2 Å². The van der Waals surface area contributed by atoms with Crippen molar-refractivity contribution >= 4 is 11.3 Å². The summed E-state index contributed by atoms with van der Waals surface area (Å²) in [6.07, 6.45) is 8.63. The van der Waals surface area contributed by atoms with Gasteiger partial charge in [-0.15, -0.1) is 0 Å². The molecule has 0 aromatic carbocycles. The molecule has 0 radical (unpaired) electrons. The Morgan fingerprint density at radius 2 is 2.26 bits per heavy atom. The van der Waals surface area contributed by atoms with E-state index in [1.54, 1.807) is 0 Å². The Morgan fingerprint density at radius 3 is 3.00 bits per heavy atom. The number of aromatic amines is 1. The van der Waals surface area contributed by atoms with Crippen molar-refractivity contribution in [2.45, 2.75) is 63.1 Å². The average molecular weight is 282 g/mol. The molecule has 19 heavy (non-hydrogen) atoms. The summed E-state index contributed by atoms with van der Waals surface area (Å²) in [7, 11) is 0. The zero-order valence-corrected chi connectivity index (χ0v) is 12.1. The molecule has 2 N–H and O–H groups in total. The lowest BCUT2D eigenvalue weighted by Gasteiger charge is -2.43. The molecule has 1 aliphatic heterocycles. The van der Waals surface area contributed by atoms with E-state index in [-0.39, 0.29) is 10.5 Å². The minimum Gasteiger partial charge on any atom is -0.375 e. The molecule has 3 rings (SSSR count). The molecule has 2 fully saturated rings. The molecule has 5 heteroatoms. The number of thiazole rings is 1. The molecular weight excluding hydrogens is 260 g/mol. The molecule has 1 saturated heterocycles. The van der Waals surface area contributed by atoms with Crippen LogP contribution in [0.5, 0.6) is 0 Å². The van der Waals surface area contributed by atoms with Gasteiger partial charge in [-0.25, -0.2) is 0 Å². The van der Waals surface area contributed by atoms with Crippen LogP contribution in [-0.2, 0) is 11.3 Å². The second-order valence-corrected chi connectivity index (χ2v) is 6.68. The number of hydrogen-bond acceptors (Lipinski definition) is 4. The molecular formula is C14H22N2O2S. The highest BCUT2D eigenvalue weighted by Crippen LogP contribution is 2.38. The zero-order chi connectivity index (χ0) is 13.1. The van der Waals surface area contributed by atoms with Crippen LogP contribution in [0.4, 0.5) is 0 Å². The van der Waals surface area contributed by atoms with Gasteiger partial charge in [-0.05, 0) is 25.7 Å². The van der Waals surface area contributed by atoms with E-state index in [9.17, 15) is 4.79 Å². The molecule has 1 saturated carbocycles. The van der Waals surface area contributed by atoms with Gasteiger partial charge in [0.25, 0.3) is 0 Å². The maximum Gasteiger partial charge on any atom is 0.304 e. The highest BCUT2D eigenvalue weighted by Gasteiger charge is 2.38. The molecule has 0 amide bonds. The second kappa shape index (κ2) is 5.77. The van der Waals surface area contributed by atoms with E-state index in [2.05, 4.69) is 10.3 Å². The summed E-state index contributed by atoms with van der Waals surface area (Å²) in [6, 6.07) is 0.523. The fourth-order valence-corrected chi connectivity index (χ4v) is 3.98.